The van der Waals surface area contributed by atoms with Gasteiger partial charge in [0.15, 0.2) is 0 Å². The van der Waals surface area contributed by atoms with Crippen LogP contribution >= 0.6 is 0 Å². The molecule has 0 bridgehead atoms. The first-order chi connectivity index (χ1) is 10.6. The lowest BCUT2D eigenvalue weighted by Crippen LogP contribution is -2.53. The van der Waals surface area contributed by atoms with Gasteiger partial charge < -0.3 is 14.5 Å². The first-order valence-electron chi connectivity index (χ1n) is 7.98. The van der Waals surface area contributed by atoms with Gasteiger partial charge in [0.05, 0.1) is 6.54 Å². The van der Waals surface area contributed by atoms with Crippen molar-refractivity contribution in [2.75, 3.05) is 50.8 Å². The Bertz CT molecular complexity index is 537. The lowest BCUT2D eigenvalue weighted by molar-refractivity contribution is 0.143. The summed E-state index contributed by atoms with van der Waals surface area (Å²) >= 11 is 0. The number of ether oxygens (including phenoxy) is 1. The van der Waals surface area contributed by atoms with Gasteiger partial charge in [-0.1, -0.05) is 6.07 Å². The number of rotatable bonds is 4. The van der Waals surface area contributed by atoms with E-state index in [0.29, 0.717) is 12.6 Å². The second kappa shape index (κ2) is 6.52. The molecule has 2 fully saturated rings. The number of carbonyl (C=O) groups excluding carboxylic acids is 1. The molecule has 1 aromatic heterocycles. The Morgan fingerprint density at radius 1 is 1.27 bits per heavy atom. The second-order valence-electron chi connectivity index (χ2n) is 6.07. The molecule has 2 aliphatic rings. The Balaban J connectivity index is 1.52. The van der Waals surface area contributed by atoms with Crippen molar-refractivity contribution in [3.05, 3.63) is 23.9 Å². The van der Waals surface area contributed by atoms with E-state index in [2.05, 4.69) is 33.8 Å². The number of aromatic nitrogens is 1. The number of cyclic esters (lactones) is 1. The molecular formula is C16H24N4O2. The number of aryl methyl sites for hydroxylation is 1. The minimum Gasteiger partial charge on any atom is -0.448 e. The summed E-state index contributed by atoms with van der Waals surface area (Å²) in [5, 5.41) is 0. The van der Waals surface area contributed by atoms with E-state index in [1.807, 2.05) is 13.0 Å². The van der Waals surface area contributed by atoms with Crippen LogP contribution in [0.2, 0.25) is 0 Å². The van der Waals surface area contributed by atoms with Crippen molar-refractivity contribution in [1.82, 2.24) is 14.8 Å². The van der Waals surface area contributed by atoms with Crippen molar-refractivity contribution in [3.63, 3.8) is 0 Å². The van der Waals surface area contributed by atoms with Gasteiger partial charge in [0.1, 0.15) is 12.4 Å². The predicted octanol–water partition coefficient (Wildman–Crippen LogP) is 1.35. The fourth-order valence-electron chi connectivity index (χ4n) is 3.12. The van der Waals surface area contributed by atoms with E-state index in [0.717, 1.165) is 50.8 Å². The van der Waals surface area contributed by atoms with Gasteiger partial charge >= 0.3 is 6.09 Å². The fraction of sp³-hybridized carbons (Fsp3) is 0.625. The van der Waals surface area contributed by atoms with Crippen LogP contribution in [0.25, 0.3) is 0 Å². The van der Waals surface area contributed by atoms with Gasteiger partial charge in [0.25, 0.3) is 0 Å². The van der Waals surface area contributed by atoms with E-state index >= 15 is 0 Å². The molecule has 0 saturated carbocycles. The fourth-order valence-corrected chi connectivity index (χ4v) is 3.12. The Morgan fingerprint density at radius 3 is 2.82 bits per heavy atom. The van der Waals surface area contributed by atoms with Crippen molar-refractivity contribution in [2.45, 2.75) is 19.9 Å². The zero-order valence-electron chi connectivity index (χ0n) is 13.4. The van der Waals surface area contributed by atoms with Gasteiger partial charge in [-0.25, -0.2) is 9.78 Å². The molecule has 6 nitrogen and oxygen atoms in total. The molecule has 0 spiro atoms. The third kappa shape index (κ3) is 3.32. The Labute approximate surface area is 131 Å². The Morgan fingerprint density at radius 2 is 2.14 bits per heavy atom. The van der Waals surface area contributed by atoms with Crippen LogP contribution in [0.4, 0.5) is 10.6 Å². The van der Waals surface area contributed by atoms with E-state index < -0.39 is 0 Å². The molecule has 0 N–H and O–H groups in total. The minimum atomic E-state index is -0.171. The number of piperazine rings is 1. The molecule has 0 unspecified atom stereocenters. The van der Waals surface area contributed by atoms with Crippen LogP contribution in [0, 0.1) is 6.92 Å². The van der Waals surface area contributed by atoms with Crippen LogP contribution in [-0.4, -0.2) is 72.8 Å². The minimum absolute atomic E-state index is 0.171. The van der Waals surface area contributed by atoms with Gasteiger partial charge in [0.2, 0.25) is 0 Å². The highest BCUT2D eigenvalue weighted by atomic mass is 16.6. The number of anilines is 1. The van der Waals surface area contributed by atoms with Crippen LogP contribution in [0.1, 0.15) is 12.6 Å². The smallest absolute Gasteiger partial charge is 0.409 e. The Kier molecular flexibility index (Phi) is 4.47. The number of pyridine rings is 1. The van der Waals surface area contributed by atoms with Gasteiger partial charge in [-0.15, -0.1) is 0 Å². The van der Waals surface area contributed by atoms with Crippen molar-refractivity contribution >= 4 is 11.9 Å². The first-order valence-corrected chi connectivity index (χ1v) is 7.98. The largest absolute Gasteiger partial charge is 0.448 e. The third-order valence-corrected chi connectivity index (χ3v) is 4.46. The van der Waals surface area contributed by atoms with Crippen LogP contribution < -0.4 is 4.90 Å². The number of carbonyl (C=O) groups is 1. The second-order valence-corrected chi connectivity index (χ2v) is 6.07. The maximum absolute atomic E-state index is 11.5. The van der Waals surface area contributed by atoms with Crippen molar-refractivity contribution < 1.29 is 9.53 Å². The monoisotopic (exact) mass is 304 g/mol. The van der Waals surface area contributed by atoms with Gasteiger partial charge in [0, 0.05) is 44.5 Å². The molecule has 1 atom stereocenters. The molecule has 120 valence electrons. The summed E-state index contributed by atoms with van der Waals surface area (Å²) in [6.45, 7) is 10.1. The van der Waals surface area contributed by atoms with Crippen molar-refractivity contribution in [1.29, 1.82) is 0 Å². The standard InChI is InChI=1S/C16H24N4O2/c1-13-4-3-5-15(17-13)20-9-7-18(14(2)12-20)6-8-19-10-11-22-16(19)21/h3-5,14H,6-12H2,1-2H3/t14-/m0/s1. The van der Waals surface area contributed by atoms with Crippen LogP contribution in [0.3, 0.4) is 0 Å². The summed E-state index contributed by atoms with van der Waals surface area (Å²) in [6, 6.07) is 6.62. The highest BCUT2D eigenvalue weighted by Gasteiger charge is 2.27. The average molecular weight is 304 g/mol. The first kappa shape index (κ1) is 15.1. The molecule has 3 heterocycles. The van der Waals surface area contributed by atoms with Gasteiger partial charge in [-0.05, 0) is 26.0 Å². The number of hydrogen-bond donors (Lipinski definition) is 0. The highest BCUT2D eigenvalue weighted by Crippen LogP contribution is 2.17. The molecule has 2 aliphatic heterocycles. The predicted molar refractivity (Wildman–Crippen MR) is 85.1 cm³/mol. The molecule has 3 rings (SSSR count). The zero-order chi connectivity index (χ0) is 15.5. The third-order valence-electron chi connectivity index (χ3n) is 4.46. The molecule has 0 radical (unpaired) electrons. The maximum atomic E-state index is 11.5. The summed E-state index contributed by atoms with van der Waals surface area (Å²) in [5.74, 6) is 1.06. The maximum Gasteiger partial charge on any atom is 0.409 e. The lowest BCUT2D eigenvalue weighted by atomic mass is 10.2. The molecule has 22 heavy (non-hydrogen) atoms. The summed E-state index contributed by atoms with van der Waals surface area (Å²) < 4.78 is 4.97. The molecule has 2 saturated heterocycles. The van der Waals surface area contributed by atoms with Gasteiger partial charge in [-0.3, -0.25) is 4.90 Å². The zero-order valence-corrected chi connectivity index (χ0v) is 13.4. The molecule has 1 aromatic rings. The average Bonchev–Trinajstić information content (AvgIpc) is 2.91. The van der Waals surface area contributed by atoms with Gasteiger partial charge in [-0.2, -0.15) is 0 Å². The molecule has 1 amide bonds. The molecular weight excluding hydrogens is 280 g/mol. The van der Waals surface area contributed by atoms with E-state index in [1.54, 1.807) is 4.90 Å². The summed E-state index contributed by atoms with van der Waals surface area (Å²) in [4.78, 5) is 22.7. The van der Waals surface area contributed by atoms with Crippen LogP contribution in [-0.2, 0) is 4.74 Å². The number of amides is 1. The molecule has 0 aromatic carbocycles. The van der Waals surface area contributed by atoms with Crippen LogP contribution in [0.5, 0.6) is 0 Å². The van der Waals surface area contributed by atoms with E-state index in [-0.39, 0.29) is 6.09 Å². The molecule has 0 aliphatic carbocycles. The summed E-state index contributed by atoms with van der Waals surface area (Å²) in [7, 11) is 0. The van der Waals surface area contributed by atoms with E-state index in [1.165, 1.54) is 0 Å². The number of nitrogens with zero attached hydrogens (tertiary/aromatic N) is 4. The SMILES string of the molecule is Cc1cccc(N2CCN(CCN3CCOC3=O)[C@@H](C)C2)n1. The topological polar surface area (TPSA) is 48.9 Å². The Hall–Kier alpha value is -1.82. The number of hydrogen-bond acceptors (Lipinski definition) is 5. The highest BCUT2D eigenvalue weighted by molar-refractivity contribution is 5.69. The quantitative estimate of drug-likeness (QED) is 0.840. The molecule has 6 heteroatoms. The van der Waals surface area contributed by atoms with Crippen molar-refractivity contribution in [2.24, 2.45) is 0 Å². The van der Waals surface area contributed by atoms with E-state index in [4.69, 9.17) is 4.74 Å². The van der Waals surface area contributed by atoms with Crippen molar-refractivity contribution in [3.8, 4) is 0 Å². The summed E-state index contributed by atoms with van der Waals surface area (Å²) in [5.41, 5.74) is 1.06. The lowest BCUT2D eigenvalue weighted by Gasteiger charge is -2.40. The van der Waals surface area contributed by atoms with Crippen LogP contribution in [0.15, 0.2) is 18.2 Å². The van der Waals surface area contributed by atoms with E-state index in [9.17, 15) is 4.79 Å². The normalized spacial score (nSPS) is 23.0. The summed E-state index contributed by atoms with van der Waals surface area (Å²) in [6.07, 6.45) is -0.171.